The molecule has 1 aliphatic carbocycles. The molecule has 0 aromatic heterocycles. The summed E-state index contributed by atoms with van der Waals surface area (Å²) < 4.78 is 5.33. The Morgan fingerprint density at radius 2 is 1.71 bits per heavy atom. The van der Waals surface area contributed by atoms with E-state index in [1.54, 1.807) is 0 Å². The second kappa shape index (κ2) is 7.48. The van der Waals surface area contributed by atoms with Gasteiger partial charge in [0.2, 0.25) is 0 Å². The number of nitrogens with zero attached hydrogens (tertiary/aromatic N) is 1. The van der Waals surface area contributed by atoms with Crippen molar-refractivity contribution in [3.05, 3.63) is 0 Å². The molecule has 0 radical (unpaired) electrons. The lowest BCUT2D eigenvalue weighted by atomic mass is 9.88. The molecule has 1 saturated carbocycles. The number of piperidine rings is 1. The Hall–Kier alpha value is -0.770. The SMILES string of the molecule is CC(C)(C)OC(=O)NC1CCN(CC2CCCCC2)CC1. The van der Waals surface area contributed by atoms with Gasteiger partial charge >= 0.3 is 6.09 Å². The third kappa shape index (κ3) is 6.25. The molecule has 0 unspecified atom stereocenters. The Morgan fingerprint density at radius 3 is 2.29 bits per heavy atom. The summed E-state index contributed by atoms with van der Waals surface area (Å²) in [4.78, 5) is 14.4. The summed E-state index contributed by atoms with van der Waals surface area (Å²) in [5.41, 5.74) is -0.411. The van der Waals surface area contributed by atoms with E-state index in [-0.39, 0.29) is 12.1 Å². The summed E-state index contributed by atoms with van der Waals surface area (Å²) in [7, 11) is 0. The normalized spacial score (nSPS) is 23.0. The number of hydrogen-bond acceptors (Lipinski definition) is 3. The molecule has 0 atom stereocenters. The maximum absolute atomic E-state index is 11.8. The molecule has 1 N–H and O–H groups in total. The van der Waals surface area contributed by atoms with Gasteiger partial charge in [-0.1, -0.05) is 19.3 Å². The predicted molar refractivity (Wildman–Crippen MR) is 85.4 cm³/mol. The molecule has 2 fully saturated rings. The Morgan fingerprint density at radius 1 is 1.10 bits per heavy atom. The number of amides is 1. The van der Waals surface area contributed by atoms with Crippen LogP contribution in [-0.4, -0.2) is 42.3 Å². The van der Waals surface area contributed by atoms with Gasteiger partial charge in [-0.3, -0.25) is 0 Å². The highest BCUT2D eigenvalue weighted by molar-refractivity contribution is 5.68. The van der Waals surface area contributed by atoms with Crippen LogP contribution in [0.3, 0.4) is 0 Å². The molecule has 1 aliphatic heterocycles. The Kier molecular flexibility index (Phi) is 5.91. The zero-order valence-electron chi connectivity index (χ0n) is 14.0. The molecule has 21 heavy (non-hydrogen) atoms. The highest BCUT2D eigenvalue weighted by atomic mass is 16.6. The van der Waals surface area contributed by atoms with Crippen molar-refractivity contribution < 1.29 is 9.53 Å². The van der Waals surface area contributed by atoms with Gasteiger partial charge in [-0.15, -0.1) is 0 Å². The molecule has 1 heterocycles. The Labute approximate surface area is 129 Å². The summed E-state index contributed by atoms with van der Waals surface area (Å²) in [5, 5.41) is 3.01. The van der Waals surface area contributed by atoms with E-state index in [9.17, 15) is 4.79 Å². The lowest BCUT2D eigenvalue weighted by Crippen LogP contribution is -2.47. The maximum atomic E-state index is 11.8. The molecule has 4 nitrogen and oxygen atoms in total. The second-order valence-corrected chi connectivity index (χ2v) is 7.73. The summed E-state index contributed by atoms with van der Waals surface area (Å²) >= 11 is 0. The number of alkyl carbamates (subject to hydrolysis) is 1. The van der Waals surface area contributed by atoms with Crippen LogP contribution in [-0.2, 0) is 4.74 Å². The first-order valence-corrected chi connectivity index (χ1v) is 8.64. The zero-order valence-corrected chi connectivity index (χ0v) is 14.0. The quantitative estimate of drug-likeness (QED) is 0.866. The van der Waals surface area contributed by atoms with E-state index in [2.05, 4.69) is 10.2 Å². The molecule has 4 heteroatoms. The maximum Gasteiger partial charge on any atom is 0.407 e. The fourth-order valence-corrected chi connectivity index (χ4v) is 3.47. The molecular formula is C17H32N2O2. The highest BCUT2D eigenvalue weighted by Crippen LogP contribution is 2.25. The van der Waals surface area contributed by atoms with E-state index in [0.29, 0.717) is 0 Å². The fourth-order valence-electron chi connectivity index (χ4n) is 3.47. The van der Waals surface area contributed by atoms with E-state index in [0.717, 1.165) is 31.8 Å². The summed E-state index contributed by atoms with van der Waals surface area (Å²) in [5.74, 6) is 0.911. The third-order valence-corrected chi connectivity index (χ3v) is 4.55. The number of likely N-dealkylation sites (tertiary alicyclic amines) is 1. The minimum Gasteiger partial charge on any atom is -0.444 e. The molecule has 1 saturated heterocycles. The van der Waals surface area contributed by atoms with Gasteiger partial charge in [0.25, 0.3) is 0 Å². The summed E-state index contributed by atoms with van der Waals surface area (Å²) in [6, 6.07) is 0.280. The molecule has 2 rings (SSSR count). The van der Waals surface area contributed by atoms with Crippen molar-refractivity contribution in [1.29, 1.82) is 0 Å². The van der Waals surface area contributed by atoms with Gasteiger partial charge in [-0.25, -0.2) is 4.79 Å². The lowest BCUT2D eigenvalue weighted by molar-refractivity contribution is 0.0474. The van der Waals surface area contributed by atoms with Crippen molar-refractivity contribution in [2.75, 3.05) is 19.6 Å². The first-order valence-electron chi connectivity index (χ1n) is 8.64. The molecule has 122 valence electrons. The topological polar surface area (TPSA) is 41.6 Å². The first-order chi connectivity index (χ1) is 9.92. The van der Waals surface area contributed by atoms with Gasteiger partial charge in [0.15, 0.2) is 0 Å². The van der Waals surface area contributed by atoms with Crippen molar-refractivity contribution in [3.8, 4) is 0 Å². The highest BCUT2D eigenvalue weighted by Gasteiger charge is 2.25. The van der Waals surface area contributed by atoms with Gasteiger partial charge in [0.05, 0.1) is 0 Å². The molecule has 0 aromatic rings. The molecule has 0 bridgehead atoms. The third-order valence-electron chi connectivity index (χ3n) is 4.55. The zero-order chi connectivity index (χ0) is 15.3. The predicted octanol–water partition coefficient (Wildman–Crippen LogP) is 3.56. The minimum atomic E-state index is -0.411. The van der Waals surface area contributed by atoms with Crippen LogP contribution < -0.4 is 5.32 Å². The van der Waals surface area contributed by atoms with E-state index in [1.165, 1.54) is 38.6 Å². The van der Waals surface area contributed by atoms with Crippen LogP contribution in [0.1, 0.15) is 65.7 Å². The summed E-state index contributed by atoms with van der Waals surface area (Å²) in [6.45, 7) is 9.19. The number of carbonyl (C=O) groups excluding carboxylic acids is 1. The standard InChI is InChI=1S/C17H32N2O2/c1-17(2,3)21-16(20)18-15-9-11-19(12-10-15)13-14-7-5-4-6-8-14/h14-15H,4-13H2,1-3H3,(H,18,20). The van der Waals surface area contributed by atoms with Crippen LogP contribution in [0.5, 0.6) is 0 Å². The van der Waals surface area contributed by atoms with Crippen LogP contribution in [0.2, 0.25) is 0 Å². The van der Waals surface area contributed by atoms with Crippen molar-refractivity contribution in [3.63, 3.8) is 0 Å². The van der Waals surface area contributed by atoms with Crippen molar-refractivity contribution in [2.24, 2.45) is 5.92 Å². The van der Waals surface area contributed by atoms with E-state index < -0.39 is 5.60 Å². The van der Waals surface area contributed by atoms with Crippen LogP contribution in [0.25, 0.3) is 0 Å². The van der Waals surface area contributed by atoms with Crippen molar-refractivity contribution in [2.45, 2.75) is 77.4 Å². The Bertz CT molecular complexity index is 324. The molecule has 2 aliphatic rings. The monoisotopic (exact) mass is 296 g/mol. The van der Waals surface area contributed by atoms with Gasteiger partial charge in [0, 0.05) is 25.7 Å². The van der Waals surface area contributed by atoms with Crippen LogP contribution >= 0.6 is 0 Å². The van der Waals surface area contributed by atoms with Gasteiger partial charge in [0.1, 0.15) is 5.60 Å². The molecular weight excluding hydrogens is 264 g/mol. The van der Waals surface area contributed by atoms with Crippen molar-refractivity contribution >= 4 is 6.09 Å². The van der Waals surface area contributed by atoms with Crippen LogP contribution in [0, 0.1) is 5.92 Å². The summed E-state index contributed by atoms with van der Waals surface area (Å²) in [6.07, 6.45) is 8.92. The van der Waals surface area contributed by atoms with E-state index in [1.807, 2.05) is 20.8 Å². The second-order valence-electron chi connectivity index (χ2n) is 7.73. The lowest BCUT2D eigenvalue weighted by Gasteiger charge is -2.35. The average molecular weight is 296 g/mol. The molecule has 0 spiro atoms. The molecule has 1 amide bonds. The van der Waals surface area contributed by atoms with Gasteiger partial charge in [-0.2, -0.15) is 0 Å². The fraction of sp³-hybridized carbons (Fsp3) is 0.941. The minimum absolute atomic E-state index is 0.270. The van der Waals surface area contributed by atoms with Crippen molar-refractivity contribution in [1.82, 2.24) is 10.2 Å². The van der Waals surface area contributed by atoms with Crippen LogP contribution in [0.15, 0.2) is 0 Å². The number of rotatable bonds is 3. The number of carbonyl (C=O) groups is 1. The van der Waals surface area contributed by atoms with E-state index >= 15 is 0 Å². The smallest absolute Gasteiger partial charge is 0.407 e. The number of nitrogens with one attached hydrogen (secondary N) is 1. The molecule has 0 aromatic carbocycles. The van der Waals surface area contributed by atoms with Gasteiger partial charge in [-0.05, 0) is 52.4 Å². The largest absolute Gasteiger partial charge is 0.444 e. The van der Waals surface area contributed by atoms with E-state index in [4.69, 9.17) is 4.74 Å². The Balaban J connectivity index is 1.64. The first kappa shape index (κ1) is 16.6. The number of ether oxygens (including phenoxy) is 1. The van der Waals surface area contributed by atoms with Crippen LogP contribution in [0.4, 0.5) is 4.79 Å². The average Bonchev–Trinajstić information content (AvgIpc) is 2.40. The number of hydrogen-bond donors (Lipinski definition) is 1. The van der Waals surface area contributed by atoms with Gasteiger partial charge < -0.3 is 15.0 Å².